The largest absolute Gasteiger partial charge is 0.497 e. The number of benzene rings is 2. The Morgan fingerprint density at radius 3 is 2.20 bits per heavy atom. The lowest BCUT2D eigenvalue weighted by molar-refractivity contribution is -0.438. The van der Waals surface area contributed by atoms with Crippen LogP contribution in [0.3, 0.4) is 0 Å². The highest BCUT2D eigenvalue weighted by Gasteiger charge is 2.44. The third-order valence-corrected chi connectivity index (χ3v) is 9.00. The summed E-state index contributed by atoms with van der Waals surface area (Å²) in [6.45, 7) is 15.8. The Bertz CT molecular complexity index is 1360. The second kappa shape index (κ2) is 12.4. The smallest absolute Gasteiger partial charge is 0.210 e. The van der Waals surface area contributed by atoms with E-state index >= 15 is 0 Å². The lowest BCUT2D eigenvalue weighted by Gasteiger charge is -2.27. The summed E-state index contributed by atoms with van der Waals surface area (Å²) in [4.78, 5) is 2.49. The van der Waals surface area contributed by atoms with Gasteiger partial charge in [-0.2, -0.15) is 4.58 Å². The van der Waals surface area contributed by atoms with Crippen LogP contribution in [-0.4, -0.2) is 37.6 Å². The monoisotopic (exact) mass is 605 g/mol. The first kappa shape index (κ1) is 30.2. The number of hydrogen-bond donors (Lipinski definition) is 0. The van der Waals surface area contributed by atoms with Gasteiger partial charge >= 0.3 is 0 Å². The van der Waals surface area contributed by atoms with Crippen LogP contribution in [0.2, 0.25) is 0 Å². The quantitative estimate of drug-likeness (QED) is 0.188. The first-order valence-electron chi connectivity index (χ1n) is 14.7. The predicted octanol–water partition coefficient (Wildman–Crippen LogP) is 9.20. The molecule has 0 amide bonds. The van der Waals surface area contributed by atoms with E-state index < -0.39 is 0 Å². The molecule has 0 atom stereocenters. The van der Waals surface area contributed by atoms with Crippen molar-refractivity contribution in [3.8, 4) is 11.5 Å². The molecule has 2 aliphatic heterocycles. The summed E-state index contributed by atoms with van der Waals surface area (Å²) in [5, 5.41) is 0. The Labute approximate surface area is 250 Å². The van der Waals surface area contributed by atoms with Gasteiger partial charge in [0.2, 0.25) is 5.69 Å². The van der Waals surface area contributed by atoms with Gasteiger partial charge in [0.15, 0.2) is 5.71 Å². The second-order valence-electron chi connectivity index (χ2n) is 11.8. The average molecular weight is 607 g/mol. The van der Waals surface area contributed by atoms with Gasteiger partial charge in [0, 0.05) is 52.0 Å². The van der Waals surface area contributed by atoms with Crippen molar-refractivity contribution in [2.24, 2.45) is 0 Å². The Morgan fingerprint density at radius 2 is 1.55 bits per heavy atom. The molecular formula is C35H46BrN2O2+. The van der Waals surface area contributed by atoms with Crippen molar-refractivity contribution in [3.05, 3.63) is 82.0 Å². The summed E-state index contributed by atoms with van der Waals surface area (Å²) in [7, 11) is 3.48. The van der Waals surface area contributed by atoms with Crippen LogP contribution in [0.15, 0.2) is 70.9 Å². The molecule has 0 radical (unpaired) electrons. The molecule has 214 valence electrons. The van der Waals surface area contributed by atoms with Crippen LogP contribution in [0.5, 0.6) is 11.5 Å². The summed E-state index contributed by atoms with van der Waals surface area (Å²) in [5.74, 6) is 1.82. The standard InChI is InChI=1S/C35H46BrN2O2/c1-9-11-21-37-30-17-15-26(39-7)23-28(30)34(3,4)32(37)19-13-25(36)14-20-33-35(5,6)29-24-27(40-8)16-18-31(29)38(33)22-12-10-2/h13-20,23-24H,9-12,21-22H2,1-8H3/q+1. The van der Waals surface area contributed by atoms with E-state index in [1.54, 1.807) is 14.2 Å². The zero-order valence-corrected chi connectivity index (χ0v) is 27.2. The molecule has 0 fully saturated rings. The minimum absolute atomic E-state index is 0.120. The van der Waals surface area contributed by atoms with Crippen LogP contribution < -0.4 is 14.4 Å². The summed E-state index contributed by atoms with van der Waals surface area (Å²) >= 11 is 3.87. The number of rotatable bonds is 11. The number of fused-ring (bicyclic) bond motifs is 2. The molecule has 0 unspecified atom stereocenters. The van der Waals surface area contributed by atoms with Crippen molar-refractivity contribution in [1.82, 2.24) is 0 Å². The van der Waals surface area contributed by atoms with Crippen LogP contribution in [0, 0.1) is 0 Å². The highest BCUT2D eigenvalue weighted by Crippen LogP contribution is 2.49. The van der Waals surface area contributed by atoms with Crippen molar-refractivity contribution in [3.63, 3.8) is 0 Å². The summed E-state index contributed by atoms with van der Waals surface area (Å²) < 4.78 is 14.7. The lowest BCUT2D eigenvalue weighted by Crippen LogP contribution is -2.28. The van der Waals surface area contributed by atoms with E-state index in [-0.39, 0.29) is 10.8 Å². The minimum atomic E-state index is -0.120. The molecule has 0 N–H and O–H groups in total. The maximum absolute atomic E-state index is 5.57. The predicted molar refractivity (Wildman–Crippen MR) is 173 cm³/mol. The molecule has 5 heteroatoms. The normalized spacial score (nSPS) is 18.6. The van der Waals surface area contributed by atoms with Crippen molar-refractivity contribution in [1.29, 1.82) is 0 Å². The van der Waals surface area contributed by atoms with Gasteiger partial charge in [0.25, 0.3) is 0 Å². The summed E-state index contributed by atoms with van der Waals surface area (Å²) in [6, 6.07) is 13.0. The number of ether oxygens (including phenoxy) is 2. The molecule has 2 aromatic carbocycles. The third-order valence-electron chi connectivity index (χ3n) is 8.47. The third kappa shape index (κ3) is 5.68. The molecule has 0 aliphatic carbocycles. The van der Waals surface area contributed by atoms with E-state index in [0.29, 0.717) is 0 Å². The van der Waals surface area contributed by atoms with Gasteiger partial charge in [-0.1, -0.05) is 56.5 Å². The Morgan fingerprint density at radius 1 is 0.900 bits per heavy atom. The number of nitrogens with zero attached hydrogens (tertiary/aromatic N) is 2. The maximum Gasteiger partial charge on any atom is 0.210 e. The first-order chi connectivity index (χ1) is 19.1. The van der Waals surface area contributed by atoms with E-state index in [0.717, 1.165) is 54.8 Å². The highest BCUT2D eigenvalue weighted by molar-refractivity contribution is 9.11. The number of allylic oxidation sites excluding steroid dienone is 6. The lowest BCUT2D eigenvalue weighted by atomic mass is 9.81. The average Bonchev–Trinajstić information content (AvgIpc) is 3.29. The Hall–Kier alpha value is -2.79. The number of unbranched alkanes of at least 4 members (excludes halogenated alkanes) is 2. The Balaban J connectivity index is 1.69. The Kier molecular flexibility index (Phi) is 9.34. The molecule has 0 bridgehead atoms. The first-order valence-corrected chi connectivity index (χ1v) is 15.4. The molecule has 0 spiro atoms. The second-order valence-corrected chi connectivity index (χ2v) is 12.8. The van der Waals surface area contributed by atoms with E-state index in [2.05, 4.69) is 128 Å². The molecule has 2 heterocycles. The van der Waals surface area contributed by atoms with Gasteiger partial charge in [0.1, 0.15) is 18.0 Å². The van der Waals surface area contributed by atoms with Crippen molar-refractivity contribution >= 4 is 33.0 Å². The van der Waals surface area contributed by atoms with Crippen LogP contribution in [0.4, 0.5) is 11.4 Å². The van der Waals surface area contributed by atoms with Crippen molar-refractivity contribution in [2.45, 2.75) is 78.1 Å². The number of halogens is 1. The molecule has 2 aromatic rings. The van der Waals surface area contributed by atoms with E-state index in [9.17, 15) is 0 Å². The minimum Gasteiger partial charge on any atom is -0.497 e. The summed E-state index contributed by atoms with van der Waals surface area (Å²) in [6.07, 6.45) is 13.6. The van der Waals surface area contributed by atoms with Gasteiger partial charge in [0.05, 0.1) is 19.6 Å². The van der Waals surface area contributed by atoms with Gasteiger partial charge in [-0.15, -0.1) is 0 Å². The van der Waals surface area contributed by atoms with E-state index in [4.69, 9.17) is 9.47 Å². The maximum atomic E-state index is 5.57. The summed E-state index contributed by atoms with van der Waals surface area (Å²) in [5.41, 5.74) is 7.59. The number of methoxy groups -OCH3 is 2. The van der Waals surface area contributed by atoms with Gasteiger partial charge in [-0.05, 0) is 74.4 Å². The van der Waals surface area contributed by atoms with Crippen LogP contribution in [0.1, 0.15) is 78.4 Å². The fourth-order valence-corrected chi connectivity index (χ4v) is 6.31. The van der Waals surface area contributed by atoms with Crippen LogP contribution in [-0.2, 0) is 10.8 Å². The van der Waals surface area contributed by atoms with E-state index in [1.807, 2.05) is 0 Å². The van der Waals surface area contributed by atoms with Crippen molar-refractivity contribution in [2.75, 3.05) is 32.2 Å². The molecule has 4 nitrogen and oxygen atoms in total. The van der Waals surface area contributed by atoms with Crippen LogP contribution >= 0.6 is 15.9 Å². The number of hydrogen-bond acceptors (Lipinski definition) is 3. The topological polar surface area (TPSA) is 24.7 Å². The molecule has 40 heavy (non-hydrogen) atoms. The molecule has 0 aromatic heterocycles. The fourth-order valence-electron chi connectivity index (χ4n) is 6.05. The van der Waals surface area contributed by atoms with Gasteiger partial charge in [-0.25, -0.2) is 0 Å². The highest BCUT2D eigenvalue weighted by atomic mass is 79.9. The van der Waals surface area contributed by atoms with Crippen LogP contribution in [0.25, 0.3) is 0 Å². The molecule has 2 aliphatic rings. The molecular weight excluding hydrogens is 560 g/mol. The van der Waals surface area contributed by atoms with Gasteiger partial charge < -0.3 is 14.4 Å². The number of anilines is 1. The zero-order valence-electron chi connectivity index (χ0n) is 25.6. The molecule has 0 saturated heterocycles. The fraction of sp³-hybridized carbons (Fsp3) is 0.457. The zero-order chi connectivity index (χ0) is 29.1. The molecule has 0 saturated carbocycles. The van der Waals surface area contributed by atoms with E-state index in [1.165, 1.54) is 33.9 Å². The van der Waals surface area contributed by atoms with Crippen molar-refractivity contribution < 1.29 is 14.0 Å². The molecule has 4 rings (SSSR count). The SMILES string of the molecule is CCCCN1/C(=C/C=C(Br)/C=C/C2=[N+](CCCC)c3ccc(OC)cc3C2(C)C)C(C)(C)c2cc(OC)ccc21. The van der Waals surface area contributed by atoms with Gasteiger partial charge in [-0.3, -0.25) is 0 Å².